The summed E-state index contributed by atoms with van der Waals surface area (Å²) in [4.78, 5) is 11.7. The van der Waals surface area contributed by atoms with Crippen molar-refractivity contribution in [2.24, 2.45) is 0 Å². The summed E-state index contributed by atoms with van der Waals surface area (Å²) in [5, 5.41) is 5.26. The maximum atomic E-state index is 11.7. The molecule has 0 saturated carbocycles. The van der Waals surface area contributed by atoms with Gasteiger partial charge in [0.25, 0.3) is 0 Å². The number of hydrogen-bond donors (Lipinski definition) is 1. The molecule has 3 aromatic rings. The fourth-order valence-electron chi connectivity index (χ4n) is 3.17. The highest BCUT2D eigenvalue weighted by molar-refractivity contribution is 6.08. The number of ether oxygens (including phenoxy) is 1. The molecule has 0 radical (unpaired) electrons. The molecular formula is C22H26N2O2. The van der Waals surface area contributed by atoms with E-state index in [9.17, 15) is 4.79 Å². The van der Waals surface area contributed by atoms with E-state index in [0.717, 1.165) is 12.1 Å². The number of amides is 1. The quantitative estimate of drug-likeness (QED) is 0.689. The number of nitrogens with zero attached hydrogens (tertiary/aromatic N) is 1. The number of hydrogen-bond acceptors (Lipinski definition) is 2. The zero-order valence-electron chi connectivity index (χ0n) is 15.9. The fourth-order valence-corrected chi connectivity index (χ4v) is 3.17. The zero-order chi connectivity index (χ0) is 18.7. The molecule has 4 heteroatoms. The smallest absolute Gasteiger partial charge is 0.407 e. The lowest BCUT2D eigenvalue weighted by atomic mass is 10.1. The van der Waals surface area contributed by atoms with Gasteiger partial charge >= 0.3 is 6.09 Å². The van der Waals surface area contributed by atoms with Crippen molar-refractivity contribution < 1.29 is 9.53 Å². The largest absolute Gasteiger partial charge is 0.444 e. The van der Waals surface area contributed by atoms with Crippen LogP contribution >= 0.6 is 0 Å². The number of aromatic nitrogens is 1. The van der Waals surface area contributed by atoms with Crippen LogP contribution < -0.4 is 5.32 Å². The van der Waals surface area contributed by atoms with Gasteiger partial charge in [-0.3, -0.25) is 0 Å². The summed E-state index contributed by atoms with van der Waals surface area (Å²) in [7, 11) is 0. The number of alkyl carbamates (subject to hydrolysis) is 1. The van der Waals surface area contributed by atoms with E-state index in [4.69, 9.17) is 4.74 Å². The minimum atomic E-state index is -0.480. The molecular weight excluding hydrogens is 324 g/mol. The molecule has 4 nitrogen and oxygen atoms in total. The molecule has 1 amide bonds. The highest BCUT2D eigenvalue weighted by Crippen LogP contribution is 2.29. The molecule has 2 aromatic carbocycles. The number of rotatable bonds is 4. The Bertz CT molecular complexity index is 961. The van der Waals surface area contributed by atoms with Crippen molar-refractivity contribution >= 4 is 34.0 Å². The third-order valence-corrected chi connectivity index (χ3v) is 4.19. The number of para-hydroxylation sites is 1. The number of fused-ring (bicyclic) bond motifs is 3. The van der Waals surface area contributed by atoms with Gasteiger partial charge in [-0.25, -0.2) is 4.79 Å². The van der Waals surface area contributed by atoms with Crippen LogP contribution in [-0.2, 0) is 11.3 Å². The minimum Gasteiger partial charge on any atom is -0.444 e. The molecule has 0 aliphatic heterocycles. The predicted molar refractivity (Wildman–Crippen MR) is 108 cm³/mol. The highest BCUT2D eigenvalue weighted by atomic mass is 16.6. The van der Waals surface area contributed by atoms with Crippen LogP contribution in [0.4, 0.5) is 4.79 Å². The lowest BCUT2D eigenvalue weighted by Gasteiger charge is -2.19. The summed E-state index contributed by atoms with van der Waals surface area (Å²) in [5.41, 5.74) is 3.14. The third-order valence-electron chi connectivity index (χ3n) is 4.19. The van der Waals surface area contributed by atoms with Crippen LogP contribution in [0.25, 0.3) is 27.9 Å². The van der Waals surface area contributed by atoms with E-state index in [1.807, 2.05) is 32.9 Å². The molecule has 3 rings (SSSR count). The Morgan fingerprint density at radius 2 is 1.85 bits per heavy atom. The second-order valence-electron chi connectivity index (χ2n) is 7.32. The third kappa shape index (κ3) is 3.90. The van der Waals surface area contributed by atoms with Gasteiger partial charge in [-0.2, -0.15) is 0 Å². The van der Waals surface area contributed by atoms with Gasteiger partial charge in [0.1, 0.15) is 5.60 Å². The Morgan fingerprint density at radius 3 is 2.58 bits per heavy atom. The van der Waals surface area contributed by atoms with E-state index in [2.05, 4.69) is 59.3 Å². The maximum absolute atomic E-state index is 11.7. The molecule has 1 N–H and O–H groups in total. The Labute approximate surface area is 154 Å². The molecule has 0 atom stereocenters. The van der Waals surface area contributed by atoms with Crippen molar-refractivity contribution in [3.8, 4) is 0 Å². The minimum absolute atomic E-state index is 0.399. The maximum Gasteiger partial charge on any atom is 0.407 e. The topological polar surface area (TPSA) is 43.3 Å². The van der Waals surface area contributed by atoms with Gasteiger partial charge in [-0.05, 0) is 51.5 Å². The average Bonchev–Trinajstić information content (AvgIpc) is 2.90. The normalized spacial score (nSPS) is 12.2. The SMILES string of the molecule is CCn1c2ccccc2c2cc(C=CCNC(=O)OC(C)(C)C)ccc21. The Morgan fingerprint density at radius 1 is 1.12 bits per heavy atom. The van der Waals surface area contributed by atoms with Gasteiger partial charge in [0.15, 0.2) is 0 Å². The van der Waals surface area contributed by atoms with E-state index in [1.165, 1.54) is 21.8 Å². The standard InChI is InChI=1S/C22H26N2O2/c1-5-24-19-11-7-6-10-17(19)18-15-16(12-13-20(18)24)9-8-14-23-21(25)26-22(2,3)4/h6-13,15H,5,14H2,1-4H3,(H,23,25). The lowest BCUT2D eigenvalue weighted by Crippen LogP contribution is -2.32. The van der Waals surface area contributed by atoms with Gasteiger partial charge in [0, 0.05) is 34.9 Å². The number of nitrogens with one attached hydrogen (secondary N) is 1. The summed E-state index contributed by atoms with van der Waals surface area (Å²) >= 11 is 0. The first-order valence-corrected chi connectivity index (χ1v) is 9.03. The van der Waals surface area contributed by atoms with E-state index in [-0.39, 0.29) is 0 Å². The molecule has 26 heavy (non-hydrogen) atoms. The Hall–Kier alpha value is -2.75. The second kappa shape index (κ2) is 7.24. The predicted octanol–water partition coefficient (Wildman–Crippen LogP) is 5.35. The monoisotopic (exact) mass is 350 g/mol. The molecule has 0 spiro atoms. The lowest BCUT2D eigenvalue weighted by molar-refractivity contribution is 0.0534. The van der Waals surface area contributed by atoms with E-state index in [0.29, 0.717) is 6.54 Å². The molecule has 0 fully saturated rings. The highest BCUT2D eigenvalue weighted by Gasteiger charge is 2.15. The van der Waals surface area contributed by atoms with E-state index >= 15 is 0 Å². The zero-order valence-corrected chi connectivity index (χ0v) is 15.9. The first-order chi connectivity index (χ1) is 12.4. The van der Waals surface area contributed by atoms with Gasteiger partial charge in [-0.1, -0.05) is 36.4 Å². The first kappa shape index (κ1) is 18.1. The molecule has 1 heterocycles. The van der Waals surface area contributed by atoms with Crippen molar-refractivity contribution in [1.29, 1.82) is 0 Å². The van der Waals surface area contributed by atoms with Crippen LogP contribution in [0.1, 0.15) is 33.3 Å². The summed E-state index contributed by atoms with van der Waals surface area (Å²) in [6, 6.07) is 15.0. The van der Waals surface area contributed by atoms with E-state index in [1.54, 1.807) is 0 Å². The molecule has 0 bridgehead atoms. The second-order valence-corrected chi connectivity index (χ2v) is 7.32. The van der Waals surface area contributed by atoms with E-state index < -0.39 is 11.7 Å². The Balaban J connectivity index is 1.77. The summed E-state index contributed by atoms with van der Waals surface area (Å²) in [5.74, 6) is 0. The molecule has 0 aliphatic carbocycles. The Kier molecular flexibility index (Phi) is 5.03. The average molecular weight is 350 g/mol. The molecule has 0 unspecified atom stereocenters. The van der Waals surface area contributed by atoms with Crippen LogP contribution in [0.5, 0.6) is 0 Å². The van der Waals surface area contributed by atoms with Crippen molar-refractivity contribution in [2.75, 3.05) is 6.54 Å². The van der Waals surface area contributed by atoms with Crippen LogP contribution in [0.15, 0.2) is 48.5 Å². The van der Waals surface area contributed by atoms with Crippen LogP contribution in [-0.4, -0.2) is 22.8 Å². The van der Waals surface area contributed by atoms with Crippen molar-refractivity contribution in [2.45, 2.75) is 39.8 Å². The van der Waals surface area contributed by atoms with Gasteiger partial charge in [0.2, 0.25) is 0 Å². The summed E-state index contributed by atoms with van der Waals surface area (Å²) in [6.07, 6.45) is 3.56. The molecule has 136 valence electrons. The van der Waals surface area contributed by atoms with Gasteiger partial charge in [0.05, 0.1) is 0 Å². The number of carbonyl (C=O) groups is 1. The van der Waals surface area contributed by atoms with Crippen molar-refractivity contribution in [3.05, 3.63) is 54.1 Å². The van der Waals surface area contributed by atoms with Crippen LogP contribution in [0.3, 0.4) is 0 Å². The van der Waals surface area contributed by atoms with Crippen LogP contribution in [0, 0.1) is 0 Å². The first-order valence-electron chi connectivity index (χ1n) is 9.03. The molecule has 1 aromatic heterocycles. The van der Waals surface area contributed by atoms with Crippen molar-refractivity contribution in [3.63, 3.8) is 0 Å². The number of carbonyl (C=O) groups excluding carboxylic acids is 1. The number of benzene rings is 2. The molecule has 0 saturated heterocycles. The van der Waals surface area contributed by atoms with Crippen molar-refractivity contribution in [1.82, 2.24) is 9.88 Å². The number of aryl methyl sites for hydroxylation is 1. The van der Waals surface area contributed by atoms with Gasteiger partial charge < -0.3 is 14.6 Å². The summed E-state index contributed by atoms with van der Waals surface area (Å²) in [6.45, 7) is 9.10. The summed E-state index contributed by atoms with van der Waals surface area (Å²) < 4.78 is 7.56. The fraction of sp³-hybridized carbons (Fsp3) is 0.318. The van der Waals surface area contributed by atoms with Crippen LogP contribution in [0.2, 0.25) is 0 Å². The van der Waals surface area contributed by atoms with Gasteiger partial charge in [-0.15, -0.1) is 0 Å². The molecule has 0 aliphatic rings.